The van der Waals surface area contributed by atoms with E-state index >= 15 is 0 Å². The van der Waals surface area contributed by atoms with Gasteiger partial charge < -0.3 is 15.4 Å². The van der Waals surface area contributed by atoms with Crippen molar-refractivity contribution in [2.75, 3.05) is 11.9 Å². The number of carbonyl (C=O) groups is 2. The Hall–Kier alpha value is -3.31. The minimum atomic E-state index is -0.279. The van der Waals surface area contributed by atoms with Gasteiger partial charge in [-0.05, 0) is 72.5 Å². The van der Waals surface area contributed by atoms with Crippen LogP contribution in [0, 0.1) is 12.8 Å². The number of hydrogen-bond acceptors (Lipinski definition) is 3. The molecule has 0 unspecified atom stereocenters. The van der Waals surface area contributed by atoms with E-state index in [0.29, 0.717) is 35.8 Å². The Kier molecular flexibility index (Phi) is 6.23. The van der Waals surface area contributed by atoms with Crippen molar-refractivity contribution >= 4 is 29.1 Å². The fourth-order valence-electron chi connectivity index (χ4n) is 3.58. The van der Waals surface area contributed by atoms with E-state index in [9.17, 15) is 9.59 Å². The lowest BCUT2D eigenvalue weighted by molar-refractivity contribution is -0.126. The van der Waals surface area contributed by atoms with E-state index in [0.717, 1.165) is 22.4 Å². The summed E-state index contributed by atoms with van der Waals surface area (Å²) in [6, 6.07) is 20.2. The third-order valence-corrected chi connectivity index (χ3v) is 5.67. The first kappa shape index (κ1) is 20.9. The summed E-state index contributed by atoms with van der Waals surface area (Å²) in [5.41, 5.74) is 4.32. The van der Waals surface area contributed by atoms with Crippen molar-refractivity contribution in [3.63, 3.8) is 0 Å². The second-order valence-electron chi connectivity index (χ2n) is 7.64. The molecule has 1 heterocycles. The third-order valence-electron chi connectivity index (χ3n) is 5.42. The van der Waals surface area contributed by atoms with Crippen molar-refractivity contribution in [1.29, 1.82) is 0 Å². The lowest BCUT2D eigenvalue weighted by Gasteiger charge is -2.25. The molecule has 158 valence electrons. The molecule has 0 spiro atoms. The molecule has 0 bridgehead atoms. The van der Waals surface area contributed by atoms with Crippen LogP contribution in [0.15, 0.2) is 66.7 Å². The number of ether oxygens (including phenoxy) is 1. The van der Waals surface area contributed by atoms with Gasteiger partial charge in [-0.1, -0.05) is 35.9 Å². The Morgan fingerprint density at radius 1 is 1.06 bits per heavy atom. The van der Waals surface area contributed by atoms with Crippen LogP contribution < -0.4 is 15.4 Å². The lowest BCUT2D eigenvalue weighted by atomic mass is 9.95. The van der Waals surface area contributed by atoms with Gasteiger partial charge in [-0.15, -0.1) is 0 Å². The molecule has 0 saturated heterocycles. The van der Waals surface area contributed by atoms with Crippen molar-refractivity contribution in [3.8, 4) is 5.75 Å². The summed E-state index contributed by atoms with van der Waals surface area (Å²) in [5.74, 6) is 0.205. The van der Waals surface area contributed by atoms with Crippen LogP contribution >= 0.6 is 11.6 Å². The molecule has 0 fully saturated rings. The number of halogens is 1. The van der Waals surface area contributed by atoms with Gasteiger partial charge in [-0.25, -0.2) is 0 Å². The maximum atomic E-state index is 12.7. The van der Waals surface area contributed by atoms with E-state index in [2.05, 4.69) is 10.6 Å². The van der Waals surface area contributed by atoms with Crippen LogP contribution in [0.1, 0.15) is 27.0 Å². The smallest absolute Gasteiger partial charge is 0.255 e. The van der Waals surface area contributed by atoms with Gasteiger partial charge in [-0.3, -0.25) is 9.59 Å². The fourth-order valence-corrected chi connectivity index (χ4v) is 3.71. The van der Waals surface area contributed by atoms with Crippen molar-refractivity contribution in [2.45, 2.75) is 19.9 Å². The van der Waals surface area contributed by atoms with E-state index in [1.54, 1.807) is 30.3 Å². The van der Waals surface area contributed by atoms with Crippen molar-refractivity contribution in [2.24, 2.45) is 5.92 Å². The lowest BCUT2D eigenvalue weighted by Crippen LogP contribution is -2.37. The molecule has 2 N–H and O–H groups in total. The quantitative estimate of drug-likeness (QED) is 0.608. The minimum absolute atomic E-state index is 0.0375. The van der Waals surface area contributed by atoms with Crippen molar-refractivity contribution in [1.82, 2.24) is 5.32 Å². The summed E-state index contributed by atoms with van der Waals surface area (Å²) in [5, 5.41) is 6.48. The first-order valence-electron chi connectivity index (χ1n) is 10.1. The van der Waals surface area contributed by atoms with Crippen LogP contribution in [0.4, 0.5) is 5.69 Å². The van der Waals surface area contributed by atoms with Gasteiger partial charge in [0.15, 0.2) is 0 Å². The highest BCUT2D eigenvalue weighted by molar-refractivity contribution is 6.30. The summed E-state index contributed by atoms with van der Waals surface area (Å²) >= 11 is 5.88. The molecule has 3 aromatic rings. The minimum Gasteiger partial charge on any atom is -0.492 e. The Bertz CT molecular complexity index is 1110. The number of aryl methyl sites for hydroxylation is 1. The topological polar surface area (TPSA) is 67.4 Å². The van der Waals surface area contributed by atoms with E-state index in [4.69, 9.17) is 16.3 Å². The molecule has 5 nitrogen and oxygen atoms in total. The maximum Gasteiger partial charge on any atom is 0.255 e. The number of anilines is 1. The number of rotatable bonds is 5. The number of carbonyl (C=O) groups excluding carboxylic acids is 2. The SMILES string of the molecule is Cc1ccccc1CNC(=O)[C@H]1COc2ccc(NC(=O)c3ccc(Cl)cc3)cc2C1. The van der Waals surface area contributed by atoms with Crippen molar-refractivity contribution < 1.29 is 14.3 Å². The second-order valence-corrected chi connectivity index (χ2v) is 8.08. The van der Waals surface area contributed by atoms with Crippen LogP contribution in [0.5, 0.6) is 5.75 Å². The highest BCUT2D eigenvalue weighted by atomic mass is 35.5. The predicted octanol–water partition coefficient (Wildman–Crippen LogP) is 4.77. The Balaban J connectivity index is 1.40. The Morgan fingerprint density at radius 2 is 1.84 bits per heavy atom. The molecule has 2 amide bonds. The number of benzene rings is 3. The molecule has 1 aliphatic rings. The van der Waals surface area contributed by atoms with Gasteiger partial charge in [0, 0.05) is 22.8 Å². The van der Waals surface area contributed by atoms with Gasteiger partial charge in [0.05, 0.1) is 5.92 Å². The van der Waals surface area contributed by atoms with Crippen LogP contribution in [-0.4, -0.2) is 18.4 Å². The summed E-state index contributed by atoms with van der Waals surface area (Å²) < 4.78 is 5.80. The van der Waals surface area contributed by atoms with E-state index in [-0.39, 0.29) is 17.7 Å². The molecular formula is C25H23ClN2O3. The van der Waals surface area contributed by atoms with Crippen LogP contribution in [-0.2, 0) is 17.8 Å². The molecule has 1 atom stereocenters. The van der Waals surface area contributed by atoms with Gasteiger partial charge in [-0.2, -0.15) is 0 Å². The molecule has 4 rings (SSSR count). The first-order chi connectivity index (χ1) is 15.0. The summed E-state index contributed by atoms with van der Waals surface area (Å²) in [6.07, 6.45) is 0.555. The summed E-state index contributed by atoms with van der Waals surface area (Å²) in [6.45, 7) is 2.86. The largest absolute Gasteiger partial charge is 0.492 e. The maximum absolute atomic E-state index is 12.7. The monoisotopic (exact) mass is 434 g/mol. The normalized spacial score (nSPS) is 14.8. The standard InChI is InChI=1S/C25H23ClN2O3/c1-16-4-2-3-5-18(16)14-27-24(29)20-12-19-13-22(10-11-23(19)31-15-20)28-25(30)17-6-8-21(26)9-7-17/h2-11,13,20H,12,14-15H2,1H3,(H,27,29)(H,28,30)/t20-/m1/s1. The van der Waals surface area contributed by atoms with Gasteiger partial charge in [0.2, 0.25) is 5.91 Å². The van der Waals surface area contributed by atoms with Gasteiger partial charge in [0.1, 0.15) is 12.4 Å². The van der Waals surface area contributed by atoms with E-state index < -0.39 is 0 Å². The first-order valence-corrected chi connectivity index (χ1v) is 10.5. The third kappa shape index (κ3) is 5.06. The molecular weight excluding hydrogens is 412 g/mol. The zero-order chi connectivity index (χ0) is 21.8. The number of fused-ring (bicyclic) bond motifs is 1. The molecule has 6 heteroatoms. The van der Waals surface area contributed by atoms with Crippen LogP contribution in [0.25, 0.3) is 0 Å². The number of amides is 2. The zero-order valence-corrected chi connectivity index (χ0v) is 17.9. The zero-order valence-electron chi connectivity index (χ0n) is 17.2. The van der Waals surface area contributed by atoms with Crippen LogP contribution in [0.3, 0.4) is 0 Å². The Labute approximate surface area is 186 Å². The highest BCUT2D eigenvalue weighted by Crippen LogP contribution is 2.30. The number of nitrogens with one attached hydrogen (secondary N) is 2. The molecule has 31 heavy (non-hydrogen) atoms. The average Bonchev–Trinajstić information content (AvgIpc) is 2.78. The molecule has 0 saturated carbocycles. The van der Waals surface area contributed by atoms with Gasteiger partial charge in [0.25, 0.3) is 5.91 Å². The molecule has 0 aromatic heterocycles. The van der Waals surface area contributed by atoms with Crippen LogP contribution in [0.2, 0.25) is 5.02 Å². The molecule has 3 aromatic carbocycles. The van der Waals surface area contributed by atoms with E-state index in [1.165, 1.54) is 0 Å². The summed E-state index contributed by atoms with van der Waals surface area (Å²) in [7, 11) is 0. The highest BCUT2D eigenvalue weighted by Gasteiger charge is 2.26. The predicted molar refractivity (Wildman–Crippen MR) is 122 cm³/mol. The fraction of sp³-hybridized carbons (Fsp3) is 0.200. The van der Waals surface area contributed by atoms with Gasteiger partial charge >= 0.3 is 0 Å². The second kappa shape index (κ2) is 9.23. The Morgan fingerprint density at radius 3 is 2.61 bits per heavy atom. The molecule has 1 aliphatic heterocycles. The number of hydrogen-bond donors (Lipinski definition) is 2. The van der Waals surface area contributed by atoms with Crippen molar-refractivity contribution in [3.05, 3.63) is 94.0 Å². The summed E-state index contributed by atoms with van der Waals surface area (Å²) in [4.78, 5) is 25.2. The average molecular weight is 435 g/mol. The van der Waals surface area contributed by atoms with E-state index in [1.807, 2.05) is 43.3 Å². The molecule has 0 radical (unpaired) electrons. The molecule has 0 aliphatic carbocycles.